The van der Waals surface area contributed by atoms with Crippen LogP contribution < -0.4 is 10.6 Å². The van der Waals surface area contributed by atoms with Crippen LogP contribution in [0.4, 0.5) is 0 Å². The van der Waals surface area contributed by atoms with E-state index in [0.717, 1.165) is 19.4 Å². The van der Waals surface area contributed by atoms with Gasteiger partial charge in [0.25, 0.3) is 0 Å². The van der Waals surface area contributed by atoms with Gasteiger partial charge in [-0.15, -0.1) is 0 Å². The van der Waals surface area contributed by atoms with E-state index in [1.807, 2.05) is 0 Å². The first-order chi connectivity index (χ1) is 6.72. The highest BCUT2D eigenvalue weighted by Crippen LogP contribution is 2.10. The van der Waals surface area contributed by atoms with Crippen LogP contribution in [0.5, 0.6) is 0 Å². The van der Waals surface area contributed by atoms with Crippen LogP contribution in [0.2, 0.25) is 0 Å². The smallest absolute Gasteiger partial charge is 0.222 e. The van der Waals surface area contributed by atoms with Crippen LogP contribution in [-0.4, -0.2) is 38.3 Å². The molecule has 0 aromatic heterocycles. The Kier molecular flexibility index (Phi) is 4.90. The number of hydrogen-bond donors (Lipinski definition) is 2. The van der Waals surface area contributed by atoms with Crippen molar-refractivity contribution < 1.29 is 9.53 Å². The van der Waals surface area contributed by atoms with Crippen LogP contribution in [-0.2, 0) is 9.53 Å². The fraction of sp³-hybridized carbons (Fsp3) is 0.900. The molecular formula is C10H20N2O2. The van der Waals surface area contributed by atoms with Crippen LogP contribution in [0.1, 0.15) is 26.2 Å². The van der Waals surface area contributed by atoms with Gasteiger partial charge in [-0.3, -0.25) is 4.79 Å². The van der Waals surface area contributed by atoms with E-state index in [1.54, 1.807) is 7.05 Å². The molecule has 0 spiro atoms. The van der Waals surface area contributed by atoms with Crippen LogP contribution >= 0.6 is 0 Å². The maximum Gasteiger partial charge on any atom is 0.222 e. The van der Waals surface area contributed by atoms with Gasteiger partial charge in [0, 0.05) is 26.1 Å². The van der Waals surface area contributed by atoms with Gasteiger partial charge < -0.3 is 15.4 Å². The lowest BCUT2D eigenvalue weighted by Crippen LogP contribution is -2.41. The molecule has 0 aromatic rings. The number of carbonyl (C=O) groups excluding carboxylic acids is 1. The number of ether oxygens (including phenoxy) is 1. The first kappa shape index (κ1) is 11.5. The molecule has 0 bridgehead atoms. The van der Waals surface area contributed by atoms with Crippen molar-refractivity contribution in [1.82, 2.24) is 10.6 Å². The molecule has 1 amide bonds. The van der Waals surface area contributed by atoms with Gasteiger partial charge >= 0.3 is 0 Å². The number of rotatable bonds is 4. The summed E-state index contributed by atoms with van der Waals surface area (Å²) in [6.45, 7) is 3.62. The first-order valence-corrected chi connectivity index (χ1v) is 5.28. The molecule has 1 aliphatic heterocycles. The molecule has 1 heterocycles. The second-order valence-corrected chi connectivity index (χ2v) is 3.80. The highest BCUT2D eigenvalue weighted by atomic mass is 16.5. The van der Waals surface area contributed by atoms with Gasteiger partial charge in [0.2, 0.25) is 5.91 Å². The van der Waals surface area contributed by atoms with E-state index < -0.39 is 0 Å². The van der Waals surface area contributed by atoms with Crippen molar-refractivity contribution in [1.29, 1.82) is 0 Å². The van der Waals surface area contributed by atoms with Crippen LogP contribution in [0.25, 0.3) is 0 Å². The van der Waals surface area contributed by atoms with E-state index in [0.29, 0.717) is 19.1 Å². The average molecular weight is 200 g/mol. The maximum atomic E-state index is 10.9. The second-order valence-electron chi connectivity index (χ2n) is 3.80. The molecule has 82 valence electrons. The van der Waals surface area contributed by atoms with Gasteiger partial charge in [0.15, 0.2) is 0 Å². The molecule has 1 saturated heterocycles. The Morgan fingerprint density at radius 1 is 1.57 bits per heavy atom. The minimum Gasteiger partial charge on any atom is -0.376 e. The Hall–Kier alpha value is -0.610. The number of amides is 1. The third-order valence-electron chi connectivity index (χ3n) is 2.58. The molecule has 0 radical (unpaired) electrons. The van der Waals surface area contributed by atoms with Crippen molar-refractivity contribution in [2.75, 3.05) is 20.2 Å². The summed E-state index contributed by atoms with van der Waals surface area (Å²) in [6, 6.07) is 0.605. The molecule has 0 aromatic carbocycles. The zero-order valence-corrected chi connectivity index (χ0v) is 9.01. The zero-order valence-electron chi connectivity index (χ0n) is 9.01. The molecule has 1 aliphatic rings. The molecule has 2 atom stereocenters. The summed E-state index contributed by atoms with van der Waals surface area (Å²) < 4.78 is 5.58. The van der Waals surface area contributed by atoms with Crippen LogP contribution in [0.3, 0.4) is 0 Å². The third-order valence-corrected chi connectivity index (χ3v) is 2.58. The second kappa shape index (κ2) is 5.98. The van der Waals surface area contributed by atoms with E-state index in [2.05, 4.69) is 17.6 Å². The summed E-state index contributed by atoms with van der Waals surface area (Å²) in [7, 11) is 1.65. The van der Waals surface area contributed by atoms with Crippen molar-refractivity contribution in [3.63, 3.8) is 0 Å². The zero-order chi connectivity index (χ0) is 10.4. The Morgan fingerprint density at radius 3 is 2.93 bits per heavy atom. The standard InChI is InChI=1S/C10H20N2O2/c1-8-3-4-9(7-12-8)14-6-5-10(13)11-2/h8-9,12H,3-7H2,1-2H3,(H,11,13). The van der Waals surface area contributed by atoms with Crippen LogP contribution in [0.15, 0.2) is 0 Å². The van der Waals surface area contributed by atoms with E-state index in [1.165, 1.54) is 0 Å². The summed E-state index contributed by atoms with van der Waals surface area (Å²) in [6.07, 6.45) is 3.01. The predicted molar refractivity (Wildman–Crippen MR) is 55.1 cm³/mol. The highest BCUT2D eigenvalue weighted by Gasteiger charge is 2.17. The normalized spacial score (nSPS) is 27.3. The Labute approximate surface area is 85.4 Å². The largest absolute Gasteiger partial charge is 0.376 e. The number of hydrogen-bond acceptors (Lipinski definition) is 3. The molecule has 4 heteroatoms. The van der Waals surface area contributed by atoms with Gasteiger partial charge in [0.05, 0.1) is 12.7 Å². The minimum atomic E-state index is 0.0436. The maximum absolute atomic E-state index is 10.9. The molecule has 4 nitrogen and oxygen atoms in total. The molecular weight excluding hydrogens is 180 g/mol. The first-order valence-electron chi connectivity index (χ1n) is 5.28. The summed E-state index contributed by atoms with van der Waals surface area (Å²) in [5.41, 5.74) is 0. The van der Waals surface area contributed by atoms with Gasteiger partial charge in [-0.25, -0.2) is 0 Å². The molecule has 0 aliphatic carbocycles. The van der Waals surface area contributed by atoms with Gasteiger partial charge in [0.1, 0.15) is 0 Å². The van der Waals surface area contributed by atoms with Crippen LogP contribution in [0, 0.1) is 0 Å². The number of carbonyl (C=O) groups is 1. The lowest BCUT2D eigenvalue weighted by molar-refractivity contribution is -0.122. The fourth-order valence-corrected chi connectivity index (χ4v) is 1.56. The van der Waals surface area contributed by atoms with E-state index in [4.69, 9.17) is 4.74 Å². The third kappa shape index (κ3) is 4.07. The SMILES string of the molecule is CNC(=O)CCOC1CCC(C)NC1. The van der Waals surface area contributed by atoms with E-state index in [9.17, 15) is 4.79 Å². The topological polar surface area (TPSA) is 50.4 Å². The summed E-state index contributed by atoms with van der Waals surface area (Å²) in [5, 5.41) is 5.93. The minimum absolute atomic E-state index is 0.0436. The van der Waals surface area contributed by atoms with Gasteiger partial charge in [-0.05, 0) is 19.8 Å². The number of piperidine rings is 1. The molecule has 0 saturated carbocycles. The molecule has 1 rings (SSSR count). The molecule has 2 unspecified atom stereocenters. The number of nitrogens with one attached hydrogen (secondary N) is 2. The predicted octanol–water partition coefficient (Wildman–Crippen LogP) is 0.280. The van der Waals surface area contributed by atoms with Crippen molar-refractivity contribution >= 4 is 5.91 Å². The van der Waals surface area contributed by atoms with Crippen molar-refractivity contribution in [2.45, 2.75) is 38.3 Å². The molecule has 14 heavy (non-hydrogen) atoms. The van der Waals surface area contributed by atoms with Gasteiger partial charge in [-0.2, -0.15) is 0 Å². The van der Waals surface area contributed by atoms with Crippen molar-refractivity contribution in [3.05, 3.63) is 0 Å². The summed E-state index contributed by atoms with van der Waals surface area (Å²) in [5.74, 6) is 0.0436. The van der Waals surface area contributed by atoms with E-state index >= 15 is 0 Å². The molecule has 1 fully saturated rings. The highest BCUT2D eigenvalue weighted by molar-refractivity contribution is 5.75. The van der Waals surface area contributed by atoms with Crippen molar-refractivity contribution in [3.8, 4) is 0 Å². The molecule has 2 N–H and O–H groups in total. The van der Waals surface area contributed by atoms with E-state index in [-0.39, 0.29) is 12.0 Å². The summed E-state index contributed by atoms with van der Waals surface area (Å²) in [4.78, 5) is 10.9. The van der Waals surface area contributed by atoms with Gasteiger partial charge in [-0.1, -0.05) is 0 Å². The Balaban J connectivity index is 2.04. The Bertz CT molecular complexity index is 177. The van der Waals surface area contributed by atoms with Crippen molar-refractivity contribution in [2.24, 2.45) is 0 Å². The fourth-order valence-electron chi connectivity index (χ4n) is 1.56. The summed E-state index contributed by atoms with van der Waals surface area (Å²) >= 11 is 0. The lowest BCUT2D eigenvalue weighted by atomic mass is 10.0. The average Bonchev–Trinajstić information content (AvgIpc) is 2.21. The quantitative estimate of drug-likeness (QED) is 0.685. The lowest BCUT2D eigenvalue weighted by Gasteiger charge is -2.27. The monoisotopic (exact) mass is 200 g/mol. The Morgan fingerprint density at radius 2 is 2.36 bits per heavy atom.